The molecule has 3 heterocycles. The molecule has 22 heavy (non-hydrogen) atoms. The molecule has 0 radical (unpaired) electrons. The van der Waals surface area contributed by atoms with Crippen molar-refractivity contribution in [1.82, 2.24) is 14.7 Å². The molecule has 1 aliphatic rings. The lowest BCUT2D eigenvalue weighted by atomic mass is 10.2. The summed E-state index contributed by atoms with van der Waals surface area (Å²) in [6.45, 7) is 2.83. The normalized spacial score (nSPS) is 17.8. The molecule has 1 unspecified atom stereocenters. The summed E-state index contributed by atoms with van der Waals surface area (Å²) in [5.74, 6) is -1.19. The Morgan fingerprint density at radius 1 is 1.55 bits per heavy atom. The van der Waals surface area contributed by atoms with E-state index in [2.05, 4.69) is 10.3 Å². The van der Waals surface area contributed by atoms with Gasteiger partial charge in [0.1, 0.15) is 5.65 Å². The molecule has 7 heteroatoms. The molecule has 2 aromatic rings. The number of nitrogens with one attached hydrogen (secondary N) is 1. The summed E-state index contributed by atoms with van der Waals surface area (Å²) in [5, 5.41) is 12.5. The third kappa shape index (κ3) is 2.67. The molecule has 1 aliphatic heterocycles. The fraction of sp³-hybridized carbons (Fsp3) is 0.400. The number of hydrogen-bond acceptors (Lipinski definition) is 5. The number of aromatic nitrogens is 2. The van der Waals surface area contributed by atoms with E-state index in [0.29, 0.717) is 18.8 Å². The van der Waals surface area contributed by atoms with Crippen molar-refractivity contribution in [3.8, 4) is 5.88 Å². The van der Waals surface area contributed by atoms with Gasteiger partial charge < -0.3 is 15.2 Å². The number of rotatable bonds is 3. The third-order valence-corrected chi connectivity index (χ3v) is 3.69. The van der Waals surface area contributed by atoms with Gasteiger partial charge in [0.05, 0.1) is 6.10 Å². The second-order valence-corrected chi connectivity index (χ2v) is 5.40. The number of pyridine rings is 1. The van der Waals surface area contributed by atoms with E-state index in [-0.39, 0.29) is 11.7 Å². The number of amides is 1. The molecular weight excluding hydrogens is 286 g/mol. The van der Waals surface area contributed by atoms with Gasteiger partial charge in [0, 0.05) is 19.3 Å². The van der Waals surface area contributed by atoms with Crippen LogP contribution in [-0.2, 0) is 4.74 Å². The predicted octanol–water partition coefficient (Wildman–Crippen LogP) is 0.617. The van der Waals surface area contributed by atoms with Gasteiger partial charge in [-0.2, -0.15) is 4.98 Å². The Hall–Kier alpha value is -2.41. The monoisotopic (exact) mass is 303 g/mol. The molecule has 7 nitrogen and oxygen atoms in total. The lowest BCUT2D eigenvalue weighted by Gasteiger charge is -2.11. The van der Waals surface area contributed by atoms with Crippen LogP contribution in [0, 0.1) is 6.92 Å². The SMILES string of the molecule is Cc1ccc2nc(O)c(C(=O)NCC3CCCO3)c(=O)n2c1. The Kier molecular flexibility index (Phi) is 3.81. The van der Waals surface area contributed by atoms with Crippen LogP contribution in [-0.4, -0.2) is 39.7 Å². The molecule has 0 aromatic carbocycles. The number of aryl methyl sites for hydroxylation is 1. The second kappa shape index (κ2) is 5.76. The topological polar surface area (TPSA) is 92.9 Å². The molecule has 0 saturated carbocycles. The van der Waals surface area contributed by atoms with Crippen molar-refractivity contribution in [2.45, 2.75) is 25.9 Å². The lowest BCUT2D eigenvalue weighted by molar-refractivity contribution is 0.0853. The molecule has 116 valence electrons. The lowest BCUT2D eigenvalue weighted by Crippen LogP contribution is -2.36. The summed E-state index contributed by atoms with van der Waals surface area (Å²) in [7, 11) is 0. The van der Waals surface area contributed by atoms with E-state index < -0.39 is 17.3 Å². The van der Waals surface area contributed by atoms with Crippen LogP contribution in [0.5, 0.6) is 5.88 Å². The zero-order valence-corrected chi connectivity index (χ0v) is 12.2. The Labute approximate surface area is 126 Å². The molecule has 2 aromatic heterocycles. The van der Waals surface area contributed by atoms with Crippen molar-refractivity contribution in [1.29, 1.82) is 0 Å². The molecule has 1 saturated heterocycles. The Morgan fingerprint density at radius 2 is 2.36 bits per heavy atom. The van der Waals surface area contributed by atoms with Crippen LogP contribution in [0.2, 0.25) is 0 Å². The molecule has 3 rings (SSSR count). The van der Waals surface area contributed by atoms with Gasteiger partial charge in [-0.25, -0.2) is 0 Å². The zero-order chi connectivity index (χ0) is 15.7. The number of aromatic hydroxyl groups is 1. The van der Waals surface area contributed by atoms with E-state index in [1.165, 1.54) is 4.40 Å². The summed E-state index contributed by atoms with van der Waals surface area (Å²) < 4.78 is 6.67. The minimum atomic E-state index is -0.638. The fourth-order valence-corrected chi connectivity index (χ4v) is 2.53. The van der Waals surface area contributed by atoms with Crippen LogP contribution in [0.4, 0.5) is 0 Å². The summed E-state index contributed by atoms with van der Waals surface area (Å²) in [5.41, 5.74) is 0.216. The quantitative estimate of drug-likeness (QED) is 0.867. The number of carbonyl (C=O) groups is 1. The van der Waals surface area contributed by atoms with Gasteiger partial charge >= 0.3 is 0 Å². The van der Waals surface area contributed by atoms with Gasteiger partial charge in [0.15, 0.2) is 5.56 Å². The molecule has 2 N–H and O–H groups in total. The first kappa shape index (κ1) is 14.5. The highest BCUT2D eigenvalue weighted by atomic mass is 16.5. The highest BCUT2D eigenvalue weighted by Gasteiger charge is 2.22. The van der Waals surface area contributed by atoms with Crippen molar-refractivity contribution in [2.75, 3.05) is 13.2 Å². The molecule has 1 atom stereocenters. The van der Waals surface area contributed by atoms with E-state index in [4.69, 9.17) is 4.74 Å². The van der Waals surface area contributed by atoms with Crippen molar-refractivity contribution in [2.24, 2.45) is 0 Å². The second-order valence-electron chi connectivity index (χ2n) is 5.40. The number of hydrogen-bond donors (Lipinski definition) is 2. The third-order valence-electron chi connectivity index (χ3n) is 3.69. The maximum atomic E-state index is 12.4. The van der Waals surface area contributed by atoms with Crippen LogP contribution < -0.4 is 10.9 Å². The van der Waals surface area contributed by atoms with Gasteiger partial charge in [0.25, 0.3) is 11.5 Å². The first-order valence-corrected chi connectivity index (χ1v) is 7.18. The number of nitrogens with zero attached hydrogens (tertiary/aromatic N) is 2. The Morgan fingerprint density at radius 3 is 3.09 bits per heavy atom. The molecular formula is C15H17N3O4. The summed E-state index contributed by atoms with van der Waals surface area (Å²) in [4.78, 5) is 28.5. The van der Waals surface area contributed by atoms with E-state index in [1.54, 1.807) is 18.3 Å². The predicted molar refractivity (Wildman–Crippen MR) is 79.2 cm³/mol. The number of carbonyl (C=O) groups excluding carboxylic acids is 1. The maximum Gasteiger partial charge on any atom is 0.274 e. The van der Waals surface area contributed by atoms with E-state index in [1.807, 2.05) is 6.92 Å². The maximum absolute atomic E-state index is 12.4. The molecule has 1 fully saturated rings. The van der Waals surface area contributed by atoms with Crippen molar-refractivity contribution >= 4 is 11.6 Å². The highest BCUT2D eigenvalue weighted by Crippen LogP contribution is 2.13. The minimum absolute atomic E-state index is 0.0375. The first-order valence-electron chi connectivity index (χ1n) is 7.18. The van der Waals surface area contributed by atoms with Crippen molar-refractivity contribution in [3.05, 3.63) is 39.8 Å². The van der Waals surface area contributed by atoms with Crippen LogP contribution in [0.25, 0.3) is 5.65 Å². The van der Waals surface area contributed by atoms with Gasteiger partial charge in [-0.1, -0.05) is 6.07 Å². The van der Waals surface area contributed by atoms with Crippen molar-refractivity contribution in [3.63, 3.8) is 0 Å². The van der Waals surface area contributed by atoms with E-state index >= 15 is 0 Å². The van der Waals surface area contributed by atoms with Crippen LogP contribution in [0.15, 0.2) is 23.1 Å². The zero-order valence-electron chi connectivity index (χ0n) is 12.2. The van der Waals surface area contributed by atoms with Crippen LogP contribution >= 0.6 is 0 Å². The van der Waals surface area contributed by atoms with Crippen LogP contribution in [0.3, 0.4) is 0 Å². The summed E-state index contributed by atoms with van der Waals surface area (Å²) >= 11 is 0. The smallest absolute Gasteiger partial charge is 0.274 e. The largest absolute Gasteiger partial charge is 0.493 e. The van der Waals surface area contributed by atoms with Gasteiger partial charge in [-0.15, -0.1) is 0 Å². The summed E-state index contributed by atoms with van der Waals surface area (Å²) in [6, 6.07) is 3.39. The van der Waals surface area contributed by atoms with Crippen molar-refractivity contribution < 1.29 is 14.6 Å². The minimum Gasteiger partial charge on any atom is -0.493 e. The standard InChI is InChI=1S/C15H17N3O4/c1-9-4-5-11-17-14(20)12(15(21)18(11)8-9)13(19)16-7-10-3-2-6-22-10/h4-5,8,10,20H,2-3,6-7H2,1H3,(H,16,19). The Balaban J connectivity index is 1.91. The fourth-order valence-electron chi connectivity index (χ4n) is 2.53. The molecule has 1 amide bonds. The first-order chi connectivity index (χ1) is 10.6. The molecule has 0 aliphatic carbocycles. The average molecular weight is 303 g/mol. The average Bonchev–Trinajstić information content (AvgIpc) is 2.99. The van der Waals surface area contributed by atoms with Gasteiger partial charge in [-0.3, -0.25) is 14.0 Å². The van der Waals surface area contributed by atoms with Gasteiger partial charge in [-0.05, 0) is 31.4 Å². The number of fused-ring (bicyclic) bond motifs is 1. The molecule has 0 bridgehead atoms. The van der Waals surface area contributed by atoms with E-state index in [0.717, 1.165) is 18.4 Å². The summed E-state index contributed by atoms with van der Waals surface area (Å²) in [6.07, 6.45) is 3.39. The van der Waals surface area contributed by atoms with E-state index in [9.17, 15) is 14.7 Å². The highest BCUT2D eigenvalue weighted by molar-refractivity contribution is 5.96. The number of ether oxygens (including phenoxy) is 1. The Bertz CT molecular complexity index is 778. The molecule has 0 spiro atoms. The van der Waals surface area contributed by atoms with Gasteiger partial charge in [0.2, 0.25) is 5.88 Å². The van der Waals surface area contributed by atoms with Crippen LogP contribution in [0.1, 0.15) is 28.8 Å².